The van der Waals surface area contributed by atoms with Crippen LogP contribution in [0.4, 0.5) is 0 Å². The van der Waals surface area contributed by atoms with E-state index in [1.807, 2.05) is 10.9 Å². The molecule has 1 aliphatic rings. The van der Waals surface area contributed by atoms with E-state index in [9.17, 15) is 0 Å². The van der Waals surface area contributed by atoms with Gasteiger partial charge >= 0.3 is 0 Å². The molecule has 0 unspecified atom stereocenters. The molecule has 17 heavy (non-hydrogen) atoms. The zero-order valence-electron chi connectivity index (χ0n) is 11.1. The molecule has 4 nitrogen and oxygen atoms in total. The lowest BCUT2D eigenvalue weighted by Crippen LogP contribution is -2.32. The first-order valence-corrected chi connectivity index (χ1v) is 6.67. The molecule has 0 saturated carbocycles. The summed E-state index contributed by atoms with van der Waals surface area (Å²) in [7, 11) is 0. The third-order valence-corrected chi connectivity index (χ3v) is 3.55. The highest BCUT2D eigenvalue weighted by Crippen LogP contribution is 2.31. The molecule has 0 aromatic carbocycles. The van der Waals surface area contributed by atoms with Crippen LogP contribution >= 0.6 is 0 Å². The summed E-state index contributed by atoms with van der Waals surface area (Å²) < 4.78 is 2.02. The summed E-state index contributed by atoms with van der Waals surface area (Å²) in [5, 5.41) is 4.42. The molecule has 2 heterocycles. The Morgan fingerprint density at radius 3 is 2.88 bits per heavy atom. The van der Waals surface area contributed by atoms with Crippen LogP contribution in [-0.4, -0.2) is 33.8 Å². The molecule has 0 bridgehead atoms. The first-order valence-electron chi connectivity index (χ1n) is 6.67. The fraction of sp³-hybridized carbons (Fsp3) is 0.769. The smallest absolute Gasteiger partial charge is 0.0538 e. The molecule has 0 aliphatic carbocycles. The second-order valence-corrected chi connectivity index (χ2v) is 5.28. The predicted octanol–water partition coefficient (Wildman–Crippen LogP) is 1.95. The zero-order chi connectivity index (χ0) is 12.4. The lowest BCUT2D eigenvalue weighted by Gasteiger charge is -2.25. The van der Waals surface area contributed by atoms with Gasteiger partial charge in [0.25, 0.3) is 0 Å². The minimum Gasteiger partial charge on any atom is -0.326 e. The minimum absolute atomic E-state index is 0.256. The van der Waals surface area contributed by atoms with Gasteiger partial charge in [-0.2, -0.15) is 5.10 Å². The summed E-state index contributed by atoms with van der Waals surface area (Å²) in [6.07, 6.45) is 6.42. The molecule has 1 saturated heterocycles. The number of aromatic nitrogens is 2. The van der Waals surface area contributed by atoms with E-state index < -0.39 is 0 Å². The Labute approximate surface area is 104 Å². The average Bonchev–Trinajstić information content (AvgIpc) is 2.86. The summed E-state index contributed by atoms with van der Waals surface area (Å²) >= 11 is 0. The molecule has 1 aromatic heterocycles. The van der Waals surface area contributed by atoms with Gasteiger partial charge in [0.05, 0.1) is 12.2 Å². The van der Waals surface area contributed by atoms with Crippen LogP contribution in [0.5, 0.6) is 0 Å². The van der Waals surface area contributed by atoms with Crippen molar-refractivity contribution in [2.24, 2.45) is 5.73 Å². The van der Waals surface area contributed by atoms with Crippen molar-refractivity contribution in [1.29, 1.82) is 0 Å². The van der Waals surface area contributed by atoms with Crippen molar-refractivity contribution in [2.45, 2.75) is 51.7 Å². The van der Waals surface area contributed by atoms with Crippen molar-refractivity contribution in [3.63, 3.8) is 0 Å². The van der Waals surface area contributed by atoms with Gasteiger partial charge in [-0.25, -0.2) is 0 Å². The highest BCUT2D eigenvalue weighted by Gasteiger charge is 2.33. The standard InChI is InChI=1S/C13H24N4/c1-4-6-16-7-5-12(14)13(16)11-8-15-17(9-11)10(2)3/h8-10,12-13H,4-7,14H2,1-3H3/t12-,13+/m0/s1. The van der Waals surface area contributed by atoms with Gasteiger partial charge < -0.3 is 5.73 Å². The second-order valence-electron chi connectivity index (χ2n) is 5.28. The molecular weight excluding hydrogens is 212 g/mol. The summed E-state index contributed by atoms with van der Waals surface area (Å²) in [4.78, 5) is 2.49. The Balaban J connectivity index is 2.17. The summed E-state index contributed by atoms with van der Waals surface area (Å²) in [6.45, 7) is 8.76. The van der Waals surface area contributed by atoms with Crippen molar-refractivity contribution in [2.75, 3.05) is 13.1 Å². The van der Waals surface area contributed by atoms with E-state index in [2.05, 4.69) is 37.0 Å². The molecule has 0 radical (unpaired) electrons. The third kappa shape index (κ3) is 2.53. The van der Waals surface area contributed by atoms with Crippen LogP contribution < -0.4 is 5.73 Å². The van der Waals surface area contributed by atoms with Crippen LogP contribution in [0.15, 0.2) is 12.4 Å². The van der Waals surface area contributed by atoms with Gasteiger partial charge in [0.15, 0.2) is 0 Å². The molecule has 1 fully saturated rings. The summed E-state index contributed by atoms with van der Waals surface area (Å²) in [5.74, 6) is 0. The lowest BCUT2D eigenvalue weighted by atomic mass is 10.0. The maximum atomic E-state index is 6.24. The van der Waals surface area contributed by atoms with Crippen LogP contribution in [0, 0.1) is 0 Å². The number of hydrogen-bond acceptors (Lipinski definition) is 3. The summed E-state index contributed by atoms with van der Waals surface area (Å²) in [5.41, 5.74) is 7.51. The number of hydrogen-bond donors (Lipinski definition) is 1. The molecule has 1 aromatic rings. The Hall–Kier alpha value is -0.870. The maximum absolute atomic E-state index is 6.24. The van der Waals surface area contributed by atoms with E-state index in [0.717, 1.165) is 19.5 Å². The molecule has 1 aliphatic heterocycles. The Bertz CT molecular complexity index is 356. The molecule has 2 rings (SSSR count). The number of rotatable bonds is 4. The Kier molecular flexibility index (Phi) is 3.84. The van der Waals surface area contributed by atoms with E-state index in [1.54, 1.807) is 0 Å². The topological polar surface area (TPSA) is 47.1 Å². The van der Waals surface area contributed by atoms with Crippen molar-refractivity contribution in [1.82, 2.24) is 14.7 Å². The van der Waals surface area contributed by atoms with Crippen LogP contribution in [0.2, 0.25) is 0 Å². The first-order chi connectivity index (χ1) is 8.13. The van der Waals surface area contributed by atoms with E-state index in [1.165, 1.54) is 12.0 Å². The minimum atomic E-state index is 0.256. The zero-order valence-corrected chi connectivity index (χ0v) is 11.1. The monoisotopic (exact) mass is 236 g/mol. The van der Waals surface area contributed by atoms with E-state index in [4.69, 9.17) is 5.73 Å². The molecule has 0 amide bonds. The van der Waals surface area contributed by atoms with E-state index in [0.29, 0.717) is 12.1 Å². The average molecular weight is 236 g/mol. The van der Waals surface area contributed by atoms with Gasteiger partial charge in [-0.3, -0.25) is 9.58 Å². The Morgan fingerprint density at radius 1 is 1.53 bits per heavy atom. The molecule has 96 valence electrons. The second kappa shape index (κ2) is 5.19. The SMILES string of the molecule is CCCN1CC[C@H](N)[C@H]1c1cnn(C(C)C)c1. The lowest BCUT2D eigenvalue weighted by molar-refractivity contribution is 0.248. The predicted molar refractivity (Wildman–Crippen MR) is 69.8 cm³/mol. The van der Waals surface area contributed by atoms with Crippen molar-refractivity contribution in [3.8, 4) is 0 Å². The highest BCUT2D eigenvalue weighted by atomic mass is 15.3. The molecule has 2 N–H and O–H groups in total. The molecule has 2 atom stereocenters. The van der Waals surface area contributed by atoms with Crippen LogP contribution in [-0.2, 0) is 0 Å². The largest absolute Gasteiger partial charge is 0.326 e. The fourth-order valence-electron chi connectivity index (χ4n) is 2.67. The van der Waals surface area contributed by atoms with E-state index in [-0.39, 0.29) is 6.04 Å². The van der Waals surface area contributed by atoms with Gasteiger partial charge in [-0.15, -0.1) is 0 Å². The maximum Gasteiger partial charge on any atom is 0.0538 e. The van der Waals surface area contributed by atoms with Gasteiger partial charge in [0.2, 0.25) is 0 Å². The molecule has 4 heteroatoms. The van der Waals surface area contributed by atoms with E-state index >= 15 is 0 Å². The molecular formula is C13H24N4. The number of likely N-dealkylation sites (tertiary alicyclic amines) is 1. The van der Waals surface area contributed by atoms with Gasteiger partial charge in [0, 0.05) is 30.4 Å². The van der Waals surface area contributed by atoms with Gasteiger partial charge in [-0.1, -0.05) is 6.92 Å². The van der Waals surface area contributed by atoms with Gasteiger partial charge in [-0.05, 0) is 33.2 Å². The fourth-order valence-corrected chi connectivity index (χ4v) is 2.67. The summed E-state index contributed by atoms with van der Waals surface area (Å²) in [6, 6.07) is 1.04. The van der Waals surface area contributed by atoms with Crippen LogP contribution in [0.3, 0.4) is 0 Å². The highest BCUT2D eigenvalue weighted by molar-refractivity contribution is 5.16. The normalized spacial score (nSPS) is 25.9. The van der Waals surface area contributed by atoms with Crippen molar-refractivity contribution >= 4 is 0 Å². The molecule has 0 spiro atoms. The number of nitrogens with two attached hydrogens (primary N) is 1. The van der Waals surface area contributed by atoms with Gasteiger partial charge in [0.1, 0.15) is 0 Å². The number of nitrogens with zero attached hydrogens (tertiary/aromatic N) is 3. The quantitative estimate of drug-likeness (QED) is 0.869. The van der Waals surface area contributed by atoms with Crippen molar-refractivity contribution < 1.29 is 0 Å². The van der Waals surface area contributed by atoms with Crippen LogP contribution in [0.25, 0.3) is 0 Å². The Morgan fingerprint density at radius 2 is 2.29 bits per heavy atom. The van der Waals surface area contributed by atoms with Crippen LogP contribution in [0.1, 0.15) is 51.3 Å². The first kappa shape index (κ1) is 12.6. The van der Waals surface area contributed by atoms with Crippen molar-refractivity contribution in [3.05, 3.63) is 18.0 Å². The third-order valence-electron chi connectivity index (χ3n) is 3.55.